The third-order valence-electron chi connectivity index (χ3n) is 4.34. The molecule has 1 saturated heterocycles. The Morgan fingerprint density at radius 1 is 1.50 bits per heavy atom. The summed E-state index contributed by atoms with van der Waals surface area (Å²) in [5.74, 6) is 0.698. The molecule has 1 aromatic carbocycles. The van der Waals surface area contributed by atoms with Gasteiger partial charge < -0.3 is 5.32 Å². The summed E-state index contributed by atoms with van der Waals surface area (Å²) in [5, 5.41) is 4.46. The van der Waals surface area contributed by atoms with Gasteiger partial charge >= 0.3 is 0 Å². The van der Waals surface area contributed by atoms with Crippen molar-refractivity contribution in [3.8, 4) is 0 Å². The average molecular weight is 360 g/mol. The molecule has 20 heavy (non-hydrogen) atoms. The molecular weight excluding hydrogens is 336 g/mol. The Hall–Kier alpha value is -0.0900. The van der Waals surface area contributed by atoms with Crippen LogP contribution in [0.4, 0.5) is 0 Å². The second-order valence-corrected chi connectivity index (χ2v) is 7.25. The monoisotopic (exact) mass is 358 g/mol. The lowest BCUT2D eigenvalue weighted by Crippen LogP contribution is -2.57. The van der Waals surface area contributed by atoms with E-state index in [0.29, 0.717) is 18.0 Å². The molecule has 0 saturated carbocycles. The van der Waals surface area contributed by atoms with Crippen LogP contribution in [0.3, 0.4) is 0 Å². The summed E-state index contributed by atoms with van der Waals surface area (Å²) >= 11 is 9.84. The maximum absolute atomic E-state index is 6.37. The first kappa shape index (κ1) is 16.3. The van der Waals surface area contributed by atoms with Crippen LogP contribution in [0.2, 0.25) is 5.02 Å². The van der Waals surface area contributed by atoms with Crippen LogP contribution in [-0.2, 0) is 6.54 Å². The van der Waals surface area contributed by atoms with Gasteiger partial charge in [-0.15, -0.1) is 0 Å². The number of nitrogens with zero attached hydrogens (tertiary/aromatic N) is 1. The van der Waals surface area contributed by atoms with Gasteiger partial charge in [0.15, 0.2) is 0 Å². The third-order valence-corrected chi connectivity index (χ3v) is 5.19. The lowest BCUT2D eigenvalue weighted by molar-refractivity contribution is 0.0885. The second-order valence-electron chi connectivity index (χ2n) is 5.93. The van der Waals surface area contributed by atoms with Crippen molar-refractivity contribution in [3.63, 3.8) is 0 Å². The number of nitrogens with one attached hydrogen (secondary N) is 1. The molecule has 1 aliphatic rings. The van der Waals surface area contributed by atoms with Crippen LogP contribution in [0.15, 0.2) is 22.7 Å². The minimum absolute atomic E-state index is 0.546. The van der Waals surface area contributed by atoms with Crippen LogP contribution in [-0.4, -0.2) is 30.1 Å². The molecule has 1 aromatic rings. The van der Waals surface area contributed by atoms with E-state index in [2.05, 4.69) is 59.1 Å². The first-order valence-electron chi connectivity index (χ1n) is 7.42. The Labute approximate surface area is 136 Å². The first-order valence-corrected chi connectivity index (χ1v) is 8.59. The van der Waals surface area contributed by atoms with Gasteiger partial charge in [0.25, 0.3) is 0 Å². The Morgan fingerprint density at radius 3 is 2.90 bits per heavy atom. The van der Waals surface area contributed by atoms with Crippen LogP contribution < -0.4 is 5.32 Å². The van der Waals surface area contributed by atoms with Crippen molar-refractivity contribution in [2.24, 2.45) is 5.92 Å². The van der Waals surface area contributed by atoms with Gasteiger partial charge in [-0.2, -0.15) is 0 Å². The van der Waals surface area contributed by atoms with Crippen molar-refractivity contribution < 1.29 is 0 Å². The van der Waals surface area contributed by atoms with Crippen molar-refractivity contribution >= 4 is 27.5 Å². The molecule has 3 unspecified atom stereocenters. The Bertz CT molecular complexity index is 452. The summed E-state index contributed by atoms with van der Waals surface area (Å²) in [4.78, 5) is 2.59. The summed E-state index contributed by atoms with van der Waals surface area (Å²) in [6.45, 7) is 9.97. The van der Waals surface area contributed by atoms with Gasteiger partial charge in [0.2, 0.25) is 0 Å². The van der Waals surface area contributed by atoms with Crippen LogP contribution >= 0.6 is 27.5 Å². The molecule has 0 bridgehead atoms. The Balaban J connectivity index is 2.14. The van der Waals surface area contributed by atoms with Gasteiger partial charge in [0.05, 0.1) is 0 Å². The fourth-order valence-corrected chi connectivity index (χ4v) is 3.62. The van der Waals surface area contributed by atoms with E-state index in [1.807, 2.05) is 6.07 Å². The van der Waals surface area contributed by atoms with Gasteiger partial charge in [-0.05, 0) is 30.5 Å². The second kappa shape index (κ2) is 7.26. The maximum atomic E-state index is 6.37. The standard InChI is InChI=1S/C16H24BrClN2/c1-4-11(2)16-8-19-12(3)9-20(16)10-13-5-6-14(17)7-15(13)18/h5-7,11-12,16,19H,4,8-10H2,1-3H3. The number of halogens is 2. The highest BCUT2D eigenvalue weighted by Crippen LogP contribution is 2.26. The van der Waals surface area contributed by atoms with Crippen molar-refractivity contribution in [3.05, 3.63) is 33.3 Å². The van der Waals surface area contributed by atoms with Gasteiger partial charge in [0, 0.05) is 41.2 Å². The third kappa shape index (κ3) is 3.97. The van der Waals surface area contributed by atoms with E-state index in [0.717, 1.165) is 29.1 Å². The molecule has 4 heteroatoms. The largest absolute Gasteiger partial charge is 0.311 e. The quantitative estimate of drug-likeness (QED) is 0.861. The van der Waals surface area contributed by atoms with Gasteiger partial charge in [-0.3, -0.25) is 4.90 Å². The lowest BCUT2D eigenvalue weighted by atomic mass is 9.94. The summed E-state index contributed by atoms with van der Waals surface area (Å²) in [6, 6.07) is 7.33. The molecule has 1 fully saturated rings. The van der Waals surface area contributed by atoms with E-state index in [-0.39, 0.29) is 0 Å². The SMILES string of the molecule is CCC(C)C1CNC(C)CN1Cc1ccc(Br)cc1Cl. The van der Waals surface area contributed by atoms with Crippen LogP contribution in [0.1, 0.15) is 32.8 Å². The zero-order valence-corrected chi connectivity index (χ0v) is 14.8. The number of hydrogen-bond acceptors (Lipinski definition) is 2. The van der Waals surface area contributed by atoms with Crippen molar-refractivity contribution in [2.75, 3.05) is 13.1 Å². The van der Waals surface area contributed by atoms with E-state index in [1.165, 1.54) is 12.0 Å². The zero-order chi connectivity index (χ0) is 14.7. The van der Waals surface area contributed by atoms with Crippen LogP contribution in [0.25, 0.3) is 0 Å². The van der Waals surface area contributed by atoms with E-state index in [9.17, 15) is 0 Å². The molecule has 0 aromatic heterocycles. The normalized spacial score (nSPS) is 25.6. The molecule has 1 aliphatic heterocycles. The van der Waals surface area contributed by atoms with Gasteiger partial charge in [-0.25, -0.2) is 0 Å². The highest BCUT2D eigenvalue weighted by Gasteiger charge is 2.29. The minimum Gasteiger partial charge on any atom is -0.311 e. The van der Waals surface area contributed by atoms with Crippen LogP contribution in [0.5, 0.6) is 0 Å². The molecule has 0 spiro atoms. The average Bonchev–Trinajstić information content (AvgIpc) is 2.41. The van der Waals surface area contributed by atoms with Gasteiger partial charge in [0.1, 0.15) is 0 Å². The van der Waals surface area contributed by atoms with Crippen LogP contribution in [0, 0.1) is 5.92 Å². The molecule has 0 radical (unpaired) electrons. The molecular formula is C16H24BrClN2. The Kier molecular flexibility index (Phi) is 5.91. The number of piperazine rings is 1. The van der Waals surface area contributed by atoms with Gasteiger partial charge in [-0.1, -0.05) is 53.9 Å². The van der Waals surface area contributed by atoms with Crippen molar-refractivity contribution in [1.82, 2.24) is 10.2 Å². The highest BCUT2D eigenvalue weighted by molar-refractivity contribution is 9.10. The predicted molar refractivity (Wildman–Crippen MR) is 90.3 cm³/mol. The smallest absolute Gasteiger partial charge is 0.0462 e. The maximum Gasteiger partial charge on any atom is 0.0462 e. The fourth-order valence-electron chi connectivity index (χ4n) is 2.89. The predicted octanol–water partition coefficient (Wildman–Crippen LogP) is 4.31. The minimum atomic E-state index is 0.546. The highest BCUT2D eigenvalue weighted by atomic mass is 79.9. The van der Waals surface area contributed by atoms with E-state index < -0.39 is 0 Å². The lowest BCUT2D eigenvalue weighted by Gasteiger charge is -2.42. The van der Waals surface area contributed by atoms with E-state index in [4.69, 9.17) is 11.6 Å². The summed E-state index contributed by atoms with van der Waals surface area (Å²) in [6.07, 6.45) is 1.21. The zero-order valence-electron chi connectivity index (χ0n) is 12.5. The summed E-state index contributed by atoms with van der Waals surface area (Å²) in [7, 11) is 0. The first-order chi connectivity index (χ1) is 9.51. The molecule has 2 rings (SSSR count). The fraction of sp³-hybridized carbons (Fsp3) is 0.625. The summed E-state index contributed by atoms with van der Waals surface area (Å²) < 4.78 is 1.04. The number of rotatable bonds is 4. The number of benzene rings is 1. The topological polar surface area (TPSA) is 15.3 Å². The molecule has 1 heterocycles. The molecule has 0 amide bonds. The van der Waals surface area contributed by atoms with Crippen molar-refractivity contribution in [1.29, 1.82) is 0 Å². The summed E-state index contributed by atoms with van der Waals surface area (Å²) in [5.41, 5.74) is 1.22. The molecule has 2 nitrogen and oxygen atoms in total. The molecule has 0 aliphatic carbocycles. The van der Waals surface area contributed by atoms with E-state index in [1.54, 1.807) is 0 Å². The van der Waals surface area contributed by atoms with Crippen molar-refractivity contribution in [2.45, 2.75) is 45.8 Å². The Morgan fingerprint density at radius 2 is 2.25 bits per heavy atom. The molecule has 3 atom stereocenters. The van der Waals surface area contributed by atoms with E-state index >= 15 is 0 Å². The molecule has 112 valence electrons. The molecule has 1 N–H and O–H groups in total. The number of hydrogen-bond donors (Lipinski definition) is 1.